The van der Waals surface area contributed by atoms with Crippen molar-refractivity contribution in [3.8, 4) is 12.3 Å². The van der Waals surface area contributed by atoms with Crippen LogP contribution in [0.1, 0.15) is 18.4 Å². The quantitative estimate of drug-likeness (QED) is 0.576. The highest BCUT2D eigenvalue weighted by atomic mass is 16.1. The van der Waals surface area contributed by atoms with Gasteiger partial charge in [-0.25, -0.2) is 0 Å². The monoisotopic (exact) mass is 216 g/mol. The molecule has 3 N–H and O–H groups in total. The van der Waals surface area contributed by atoms with E-state index >= 15 is 0 Å². The molecule has 0 aliphatic heterocycles. The number of anilines is 1. The Morgan fingerprint density at radius 2 is 2.06 bits per heavy atom. The average Bonchev–Trinajstić information content (AvgIpc) is 2.29. The molecular weight excluding hydrogens is 200 g/mol. The highest BCUT2D eigenvalue weighted by Gasteiger charge is 1.99. The van der Waals surface area contributed by atoms with E-state index < -0.39 is 0 Å². The Morgan fingerprint density at radius 1 is 1.38 bits per heavy atom. The van der Waals surface area contributed by atoms with Gasteiger partial charge in [0.15, 0.2) is 0 Å². The zero-order valence-corrected chi connectivity index (χ0v) is 9.20. The van der Waals surface area contributed by atoms with Crippen LogP contribution >= 0.6 is 0 Å². The van der Waals surface area contributed by atoms with Gasteiger partial charge in [-0.2, -0.15) is 0 Å². The number of hydrogen-bond acceptors (Lipinski definition) is 2. The molecule has 0 fully saturated rings. The molecule has 3 heteroatoms. The maximum Gasteiger partial charge on any atom is 0.220 e. The minimum atomic E-state index is 0.00777. The average molecular weight is 216 g/mol. The fourth-order valence-corrected chi connectivity index (χ4v) is 1.30. The van der Waals surface area contributed by atoms with Crippen LogP contribution in [0.3, 0.4) is 0 Å². The van der Waals surface area contributed by atoms with Gasteiger partial charge in [-0.05, 0) is 24.1 Å². The topological polar surface area (TPSA) is 55.1 Å². The summed E-state index contributed by atoms with van der Waals surface area (Å²) in [7, 11) is 0. The summed E-state index contributed by atoms with van der Waals surface area (Å²) in [5, 5.41) is 2.81. The summed E-state index contributed by atoms with van der Waals surface area (Å²) in [5.41, 5.74) is 7.48. The molecule has 1 aromatic rings. The molecule has 16 heavy (non-hydrogen) atoms. The van der Waals surface area contributed by atoms with E-state index in [1.54, 1.807) is 0 Å². The largest absolute Gasteiger partial charge is 0.399 e. The minimum absolute atomic E-state index is 0.00777. The zero-order valence-electron chi connectivity index (χ0n) is 9.20. The summed E-state index contributed by atoms with van der Waals surface area (Å²) < 4.78 is 0. The number of carbonyl (C=O) groups is 1. The molecule has 1 amide bonds. The Labute approximate surface area is 96.0 Å². The number of nitrogens with two attached hydrogens (primary N) is 1. The van der Waals surface area contributed by atoms with Gasteiger partial charge >= 0.3 is 0 Å². The molecular formula is C13H16N2O. The number of amides is 1. The van der Waals surface area contributed by atoms with E-state index in [4.69, 9.17) is 12.2 Å². The molecule has 0 aromatic heterocycles. The van der Waals surface area contributed by atoms with Crippen LogP contribution in [0, 0.1) is 12.3 Å². The SMILES string of the molecule is C#CCCC(=O)NCCc1ccc(N)cc1. The molecule has 0 radical (unpaired) electrons. The fraction of sp³-hybridized carbons (Fsp3) is 0.308. The van der Waals surface area contributed by atoms with Crippen molar-refractivity contribution in [3.63, 3.8) is 0 Å². The van der Waals surface area contributed by atoms with Gasteiger partial charge in [-0.15, -0.1) is 12.3 Å². The minimum Gasteiger partial charge on any atom is -0.399 e. The normalized spacial score (nSPS) is 9.44. The highest BCUT2D eigenvalue weighted by molar-refractivity contribution is 5.76. The maximum atomic E-state index is 11.2. The molecule has 3 nitrogen and oxygen atoms in total. The summed E-state index contributed by atoms with van der Waals surface area (Å²) in [4.78, 5) is 11.2. The Morgan fingerprint density at radius 3 is 2.69 bits per heavy atom. The van der Waals surface area contributed by atoms with Gasteiger partial charge in [0.2, 0.25) is 5.91 Å². The van der Waals surface area contributed by atoms with Gasteiger partial charge in [0.25, 0.3) is 0 Å². The first-order chi connectivity index (χ1) is 7.72. The van der Waals surface area contributed by atoms with Crippen molar-refractivity contribution in [1.29, 1.82) is 0 Å². The van der Waals surface area contributed by atoms with Crippen LogP contribution in [0.4, 0.5) is 5.69 Å². The summed E-state index contributed by atoms with van der Waals surface area (Å²) in [6.45, 7) is 0.632. The third-order valence-corrected chi connectivity index (χ3v) is 2.21. The molecule has 0 bridgehead atoms. The molecule has 0 heterocycles. The Balaban J connectivity index is 2.23. The van der Waals surface area contributed by atoms with Gasteiger partial charge in [-0.1, -0.05) is 12.1 Å². The molecule has 0 atom stereocenters. The van der Waals surface area contributed by atoms with Gasteiger partial charge < -0.3 is 11.1 Å². The number of carbonyl (C=O) groups excluding carboxylic acids is 1. The third kappa shape index (κ3) is 4.52. The van der Waals surface area contributed by atoms with Crippen molar-refractivity contribution in [1.82, 2.24) is 5.32 Å². The summed E-state index contributed by atoms with van der Waals surface area (Å²) in [6, 6.07) is 7.64. The number of nitrogens with one attached hydrogen (secondary N) is 1. The molecule has 1 rings (SSSR count). The van der Waals surface area contributed by atoms with Crippen molar-refractivity contribution in [2.45, 2.75) is 19.3 Å². The van der Waals surface area contributed by atoms with Crippen molar-refractivity contribution in [3.05, 3.63) is 29.8 Å². The third-order valence-electron chi connectivity index (χ3n) is 2.21. The van der Waals surface area contributed by atoms with Crippen LogP contribution < -0.4 is 11.1 Å². The van der Waals surface area contributed by atoms with E-state index in [0.717, 1.165) is 17.7 Å². The standard InChI is InChI=1S/C13H16N2O/c1-2-3-4-13(16)15-10-9-11-5-7-12(14)8-6-11/h1,5-8H,3-4,9-10,14H2,(H,15,16). The first-order valence-electron chi connectivity index (χ1n) is 5.27. The van der Waals surface area contributed by atoms with Crippen molar-refractivity contribution < 1.29 is 4.79 Å². The number of terminal acetylenes is 1. The van der Waals surface area contributed by atoms with E-state index in [0.29, 0.717) is 19.4 Å². The van der Waals surface area contributed by atoms with Gasteiger partial charge in [0.1, 0.15) is 0 Å². The van der Waals surface area contributed by atoms with Gasteiger partial charge in [0, 0.05) is 25.1 Å². The van der Waals surface area contributed by atoms with Crippen molar-refractivity contribution in [2.75, 3.05) is 12.3 Å². The van der Waals surface area contributed by atoms with Crippen LogP contribution in [0.25, 0.3) is 0 Å². The van der Waals surface area contributed by atoms with Crippen LogP contribution in [0.2, 0.25) is 0 Å². The Hall–Kier alpha value is -1.95. The smallest absolute Gasteiger partial charge is 0.220 e. The number of benzene rings is 1. The van der Waals surface area contributed by atoms with Crippen molar-refractivity contribution in [2.24, 2.45) is 0 Å². The maximum absolute atomic E-state index is 11.2. The van der Waals surface area contributed by atoms with Crippen LogP contribution in [-0.2, 0) is 11.2 Å². The molecule has 0 aliphatic rings. The molecule has 1 aromatic carbocycles. The van der Waals surface area contributed by atoms with Crippen LogP contribution in [0.15, 0.2) is 24.3 Å². The molecule has 0 saturated carbocycles. The van der Waals surface area contributed by atoms with E-state index in [2.05, 4.69) is 11.2 Å². The summed E-state index contributed by atoms with van der Waals surface area (Å²) in [5.74, 6) is 2.45. The second-order valence-corrected chi connectivity index (χ2v) is 3.55. The van der Waals surface area contributed by atoms with Gasteiger partial charge in [-0.3, -0.25) is 4.79 Å². The van der Waals surface area contributed by atoms with Crippen LogP contribution in [0.5, 0.6) is 0 Å². The Bertz CT molecular complexity index is 376. The van der Waals surface area contributed by atoms with E-state index in [1.165, 1.54) is 0 Å². The molecule has 0 aliphatic carbocycles. The van der Waals surface area contributed by atoms with Crippen molar-refractivity contribution >= 4 is 11.6 Å². The molecule has 0 saturated heterocycles. The zero-order chi connectivity index (χ0) is 11.8. The van der Waals surface area contributed by atoms with Gasteiger partial charge in [0.05, 0.1) is 0 Å². The predicted octanol–water partition coefficient (Wildman–Crippen LogP) is 1.34. The highest BCUT2D eigenvalue weighted by Crippen LogP contribution is 2.05. The Kier molecular flexibility index (Phi) is 4.94. The van der Waals surface area contributed by atoms with Crippen LogP contribution in [-0.4, -0.2) is 12.5 Å². The first-order valence-corrected chi connectivity index (χ1v) is 5.27. The number of rotatable bonds is 5. The lowest BCUT2D eigenvalue weighted by Gasteiger charge is -2.04. The lowest BCUT2D eigenvalue weighted by molar-refractivity contribution is -0.120. The predicted molar refractivity (Wildman–Crippen MR) is 65.6 cm³/mol. The fourth-order valence-electron chi connectivity index (χ4n) is 1.30. The van der Waals surface area contributed by atoms with E-state index in [9.17, 15) is 4.79 Å². The number of hydrogen-bond donors (Lipinski definition) is 2. The first kappa shape index (κ1) is 12.1. The molecule has 84 valence electrons. The number of nitrogen functional groups attached to an aromatic ring is 1. The summed E-state index contributed by atoms with van der Waals surface area (Å²) in [6.07, 6.45) is 6.77. The second-order valence-electron chi connectivity index (χ2n) is 3.55. The second kappa shape index (κ2) is 6.52. The molecule has 0 unspecified atom stereocenters. The lowest BCUT2D eigenvalue weighted by Crippen LogP contribution is -2.25. The lowest BCUT2D eigenvalue weighted by atomic mass is 10.1. The van der Waals surface area contributed by atoms with E-state index in [-0.39, 0.29) is 5.91 Å². The molecule has 0 spiro atoms. The summed E-state index contributed by atoms with van der Waals surface area (Å²) >= 11 is 0. The van der Waals surface area contributed by atoms with E-state index in [1.807, 2.05) is 24.3 Å².